The summed E-state index contributed by atoms with van der Waals surface area (Å²) in [4.78, 5) is 10.4. The number of carboxylic acid groups (broad SMARTS) is 1. The van der Waals surface area contributed by atoms with E-state index in [-0.39, 0.29) is 6.10 Å². The zero-order chi connectivity index (χ0) is 16.9. The summed E-state index contributed by atoms with van der Waals surface area (Å²) in [6, 6.07) is 0. The van der Waals surface area contributed by atoms with Crippen LogP contribution in [0.5, 0.6) is 0 Å². The monoisotopic (exact) mass is 322 g/mol. The molecule has 0 aromatic rings. The molecular formula is C20H34O3. The molecule has 0 spiro atoms. The Morgan fingerprint density at radius 2 is 1.91 bits per heavy atom. The summed E-state index contributed by atoms with van der Waals surface area (Å²) in [6.07, 6.45) is 19.2. The maximum absolute atomic E-state index is 10.4. The van der Waals surface area contributed by atoms with Crippen LogP contribution in [0.4, 0.5) is 0 Å². The predicted molar refractivity (Wildman–Crippen MR) is 95.4 cm³/mol. The van der Waals surface area contributed by atoms with Gasteiger partial charge in [-0.3, -0.25) is 4.79 Å². The van der Waals surface area contributed by atoms with Gasteiger partial charge < -0.3 is 10.2 Å². The van der Waals surface area contributed by atoms with Gasteiger partial charge >= 0.3 is 5.97 Å². The summed E-state index contributed by atoms with van der Waals surface area (Å²) in [5.41, 5.74) is 0. The second-order valence-electron chi connectivity index (χ2n) is 6.85. The van der Waals surface area contributed by atoms with Crippen LogP contribution in [0.25, 0.3) is 0 Å². The molecule has 1 fully saturated rings. The fourth-order valence-electron chi connectivity index (χ4n) is 3.08. The number of aliphatic hydroxyl groups excluding tert-OH is 1. The van der Waals surface area contributed by atoms with Crippen LogP contribution in [0.2, 0.25) is 0 Å². The van der Waals surface area contributed by atoms with Crippen LogP contribution >= 0.6 is 0 Å². The van der Waals surface area contributed by atoms with Crippen LogP contribution in [0.1, 0.15) is 77.6 Å². The first-order chi connectivity index (χ1) is 11.1. The van der Waals surface area contributed by atoms with Crippen LogP contribution < -0.4 is 0 Å². The summed E-state index contributed by atoms with van der Waals surface area (Å²) in [7, 11) is 0. The molecule has 23 heavy (non-hydrogen) atoms. The molecule has 0 unspecified atom stereocenters. The summed E-state index contributed by atoms with van der Waals surface area (Å²) in [5, 5.41) is 18.3. The molecule has 0 aromatic carbocycles. The summed E-state index contributed by atoms with van der Waals surface area (Å²) in [5.74, 6) is 1.02. The molecule has 3 atom stereocenters. The lowest BCUT2D eigenvalue weighted by Crippen LogP contribution is -2.00. The molecule has 1 aliphatic rings. The highest BCUT2D eigenvalue weighted by molar-refractivity contribution is 5.66. The highest BCUT2D eigenvalue weighted by Gasteiger charge is 2.34. The molecule has 0 aliphatic heterocycles. The number of allylic oxidation sites excluding steroid dienone is 3. The maximum atomic E-state index is 10.4. The molecule has 0 amide bonds. The molecule has 3 nitrogen and oxygen atoms in total. The number of rotatable bonds is 14. The van der Waals surface area contributed by atoms with Gasteiger partial charge in [0.1, 0.15) is 0 Å². The molecule has 0 aromatic heterocycles. The highest BCUT2D eigenvalue weighted by Crippen LogP contribution is 2.45. The molecule has 1 aliphatic carbocycles. The number of aliphatic hydroxyl groups is 1. The van der Waals surface area contributed by atoms with Crippen LogP contribution in [-0.4, -0.2) is 22.3 Å². The van der Waals surface area contributed by atoms with Crippen molar-refractivity contribution in [2.75, 3.05) is 0 Å². The second kappa shape index (κ2) is 12.3. The Labute approximate surface area is 141 Å². The van der Waals surface area contributed by atoms with E-state index in [9.17, 15) is 9.90 Å². The van der Waals surface area contributed by atoms with Gasteiger partial charge in [-0.25, -0.2) is 0 Å². The first-order valence-electron chi connectivity index (χ1n) is 9.36. The third-order valence-electron chi connectivity index (χ3n) is 4.67. The van der Waals surface area contributed by atoms with E-state index in [0.717, 1.165) is 43.9 Å². The lowest BCUT2D eigenvalue weighted by atomic mass is 10.1. The summed E-state index contributed by atoms with van der Waals surface area (Å²) in [6.45, 7) is 2.17. The average molecular weight is 322 g/mol. The fourth-order valence-corrected chi connectivity index (χ4v) is 3.08. The van der Waals surface area contributed by atoms with Crippen molar-refractivity contribution >= 4 is 5.97 Å². The average Bonchev–Trinajstić information content (AvgIpc) is 3.26. The van der Waals surface area contributed by atoms with E-state index in [1.54, 1.807) is 0 Å². The van der Waals surface area contributed by atoms with E-state index in [4.69, 9.17) is 5.11 Å². The lowest BCUT2D eigenvalue weighted by Gasteiger charge is -2.03. The van der Waals surface area contributed by atoms with Crippen molar-refractivity contribution in [3.8, 4) is 0 Å². The minimum absolute atomic E-state index is 0.301. The van der Waals surface area contributed by atoms with Crippen molar-refractivity contribution < 1.29 is 15.0 Å². The molecular weight excluding hydrogens is 288 g/mol. The fraction of sp³-hybridized carbons (Fsp3) is 0.750. The molecule has 0 saturated heterocycles. The van der Waals surface area contributed by atoms with Gasteiger partial charge in [0, 0.05) is 6.42 Å². The van der Waals surface area contributed by atoms with E-state index < -0.39 is 5.97 Å². The smallest absolute Gasteiger partial charge is 0.303 e. The van der Waals surface area contributed by atoms with E-state index >= 15 is 0 Å². The van der Waals surface area contributed by atoms with Crippen molar-refractivity contribution in [3.05, 3.63) is 24.3 Å². The quantitative estimate of drug-likeness (QED) is 0.345. The molecule has 132 valence electrons. The van der Waals surface area contributed by atoms with Gasteiger partial charge in [-0.15, -0.1) is 0 Å². The number of unbranched alkanes of at least 4 members (excludes halogenated alkanes) is 3. The van der Waals surface area contributed by atoms with E-state index in [1.165, 1.54) is 32.1 Å². The van der Waals surface area contributed by atoms with Crippen molar-refractivity contribution in [2.45, 2.75) is 83.7 Å². The number of carboxylic acids is 1. The Morgan fingerprint density at radius 3 is 2.65 bits per heavy atom. The minimum Gasteiger partial charge on any atom is -0.481 e. The summed E-state index contributed by atoms with van der Waals surface area (Å²) < 4.78 is 0. The van der Waals surface area contributed by atoms with Crippen LogP contribution in [0.3, 0.4) is 0 Å². The standard InChI is InChI=1S/C20H34O3/c1-2-3-6-13-19(21)14-8-5-4-7-11-17-16-18(17)12-9-10-15-20(22)23/h4-5,8,14,17-19,21H,2-3,6-7,9-13,15-16H2,1H3,(H,22,23)/b5-4-,14-8+/t17-,18-,19-/m1/s1. The third kappa shape index (κ3) is 11.1. The second-order valence-corrected chi connectivity index (χ2v) is 6.85. The van der Waals surface area contributed by atoms with E-state index in [0.29, 0.717) is 6.42 Å². The minimum atomic E-state index is -0.675. The van der Waals surface area contributed by atoms with Gasteiger partial charge in [0.15, 0.2) is 0 Å². The third-order valence-corrected chi connectivity index (χ3v) is 4.67. The first-order valence-corrected chi connectivity index (χ1v) is 9.36. The van der Waals surface area contributed by atoms with Gasteiger partial charge in [0.2, 0.25) is 0 Å². The molecule has 0 bridgehead atoms. The summed E-state index contributed by atoms with van der Waals surface area (Å²) >= 11 is 0. The van der Waals surface area contributed by atoms with Gasteiger partial charge in [0.05, 0.1) is 6.10 Å². The number of aliphatic carboxylic acids is 1. The van der Waals surface area contributed by atoms with Gasteiger partial charge in [-0.2, -0.15) is 0 Å². The van der Waals surface area contributed by atoms with Crippen LogP contribution in [0, 0.1) is 11.8 Å². The first kappa shape index (κ1) is 20.0. The number of carbonyl (C=O) groups is 1. The Bertz CT molecular complexity index is 373. The zero-order valence-electron chi connectivity index (χ0n) is 14.6. The van der Waals surface area contributed by atoms with Gasteiger partial charge in [0.25, 0.3) is 0 Å². The van der Waals surface area contributed by atoms with Crippen molar-refractivity contribution in [2.24, 2.45) is 11.8 Å². The van der Waals surface area contributed by atoms with Crippen molar-refractivity contribution in [1.82, 2.24) is 0 Å². The topological polar surface area (TPSA) is 57.5 Å². The maximum Gasteiger partial charge on any atom is 0.303 e. The Morgan fingerprint density at radius 1 is 1.13 bits per heavy atom. The Balaban J connectivity index is 1.95. The Kier molecular flexibility index (Phi) is 10.7. The number of hydrogen-bond acceptors (Lipinski definition) is 2. The molecule has 2 N–H and O–H groups in total. The molecule has 0 heterocycles. The largest absolute Gasteiger partial charge is 0.481 e. The zero-order valence-corrected chi connectivity index (χ0v) is 14.6. The van der Waals surface area contributed by atoms with Crippen molar-refractivity contribution in [1.29, 1.82) is 0 Å². The van der Waals surface area contributed by atoms with E-state index in [1.807, 2.05) is 18.2 Å². The van der Waals surface area contributed by atoms with Gasteiger partial charge in [-0.05, 0) is 43.9 Å². The predicted octanol–water partition coefficient (Wildman–Crippen LogP) is 5.10. The number of hydrogen-bond donors (Lipinski definition) is 2. The normalized spacial score (nSPS) is 22.0. The van der Waals surface area contributed by atoms with Gasteiger partial charge in [-0.1, -0.05) is 63.3 Å². The molecule has 0 radical (unpaired) electrons. The van der Waals surface area contributed by atoms with Crippen LogP contribution in [-0.2, 0) is 4.79 Å². The molecule has 3 heteroatoms. The molecule has 1 rings (SSSR count). The highest BCUT2D eigenvalue weighted by atomic mass is 16.4. The van der Waals surface area contributed by atoms with E-state index in [2.05, 4.69) is 13.0 Å². The lowest BCUT2D eigenvalue weighted by molar-refractivity contribution is -0.137. The Hall–Kier alpha value is -1.09. The molecule has 1 saturated carbocycles. The van der Waals surface area contributed by atoms with Crippen molar-refractivity contribution in [3.63, 3.8) is 0 Å². The SMILES string of the molecule is CCCCC[C@@H](O)/C=C/C=C\CC[C@@H]1C[C@H]1CCCCC(=O)O. The van der Waals surface area contributed by atoms with Crippen LogP contribution in [0.15, 0.2) is 24.3 Å².